The summed E-state index contributed by atoms with van der Waals surface area (Å²) < 4.78 is 12.2. The van der Waals surface area contributed by atoms with Gasteiger partial charge in [-0.3, -0.25) is 0 Å². The van der Waals surface area contributed by atoms with Gasteiger partial charge in [0.05, 0.1) is 24.4 Å². The van der Waals surface area contributed by atoms with Crippen LogP contribution in [0.5, 0.6) is 0 Å². The number of aliphatic hydroxyl groups is 6. The van der Waals surface area contributed by atoms with Gasteiger partial charge in [-0.15, -0.1) is 0 Å². The average Bonchev–Trinajstić information content (AvgIpc) is 3.32. The molecule has 5 fully saturated rings. The van der Waals surface area contributed by atoms with Crippen LogP contribution in [-0.4, -0.2) is 85.8 Å². The van der Waals surface area contributed by atoms with Gasteiger partial charge < -0.3 is 40.1 Å². The topological polar surface area (TPSA) is 140 Å². The molecule has 0 aromatic rings. The van der Waals surface area contributed by atoms with E-state index < -0.39 is 49.0 Å². The zero-order valence-corrected chi connectivity index (χ0v) is 28.5. The lowest BCUT2D eigenvalue weighted by molar-refractivity contribution is -0.332. The Balaban J connectivity index is 1.37. The maximum atomic E-state index is 12.0. The number of hydrogen-bond acceptors (Lipinski definition) is 8. The predicted molar refractivity (Wildman–Crippen MR) is 168 cm³/mol. The number of aliphatic hydroxyl groups excluding tert-OH is 5. The predicted octanol–water partition coefficient (Wildman–Crippen LogP) is 4.32. The molecule has 0 radical (unpaired) electrons. The van der Waals surface area contributed by atoms with Gasteiger partial charge in [-0.25, -0.2) is 0 Å². The molecule has 0 aromatic carbocycles. The normalized spacial score (nSPS) is 51.5. The molecule has 6 N–H and O–H groups in total. The molecule has 4 aliphatic carbocycles. The van der Waals surface area contributed by atoms with Crippen LogP contribution >= 0.6 is 0 Å². The number of ether oxygens (including phenoxy) is 2. The van der Waals surface area contributed by atoms with Crippen LogP contribution in [0.1, 0.15) is 113 Å². The fraction of sp³-hybridized carbons (Fsp3) is 0.944. The molecule has 5 aliphatic rings. The first-order valence-corrected chi connectivity index (χ1v) is 17.3. The van der Waals surface area contributed by atoms with Gasteiger partial charge in [0.2, 0.25) is 0 Å². The molecule has 5 rings (SSSR count). The number of rotatable bonds is 7. The first-order valence-electron chi connectivity index (χ1n) is 17.3. The van der Waals surface area contributed by atoms with Crippen molar-refractivity contribution in [1.29, 1.82) is 0 Å². The second kappa shape index (κ2) is 11.8. The summed E-state index contributed by atoms with van der Waals surface area (Å²) in [5.74, 6) is 0.792. The van der Waals surface area contributed by atoms with Crippen LogP contribution in [0.2, 0.25) is 0 Å². The van der Waals surface area contributed by atoms with E-state index in [0.717, 1.165) is 51.4 Å². The van der Waals surface area contributed by atoms with E-state index in [9.17, 15) is 30.6 Å². The van der Waals surface area contributed by atoms with Gasteiger partial charge in [0, 0.05) is 0 Å². The molecule has 1 heterocycles. The molecule has 254 valence electrons. The van der Waals surface area contributed by atoms with E-state index in [1.165, 1.54) is 5.57 Å². The largest absolute Gasteiger partial charge is 0.394 e. The lowest BCUT2D eigenvalue weighted by Crippen LogP contribution is -2.67. The second-order valence-corrected chi connectivity index (χ2v) is 17.3. The molecule has 8 nitrogen and oxygen atoms in total. The van der Waals surface area contributed by atoms with Gasteiger partial charge in [-0.1, -0.05) is 46.3 Å². The van der Waals surface area contributed by atoms with E-state index in [2.05, 4.69) is 54.5 Å². The van der Waals surface area contributed by atoms with Crippen LogP contribution in [0.25, 0.3) is 0 Å². The molecular formula is C36H62O8. The first kappa shape index (κ1) is 34.7. The Hall–Kier alpha value is -0.580. The molecule has 1 aliphatic heterocycles. The standard InChI is InChI=1S/C36H62O8/c1-20(2)10-9-14-36(8,42)21-11-16-35(7)27(21)22(38)18-25-33(5)15-13-26(32(3,4)24(33)12-17-34(25,35)6)44-31-30(41)29(40)28(39)23(19-37)43-31/h10,21-31,37-42H,9,11-19H2,1-8H3. The van der Waals surface area contributed by atoms with E-state index in [0.29, 0.717) is 18.3 Å². The SMILES string of the molecule is CC(C)=CCCC(C)(O)C1CCC2(C)C1C(O)CC1C3(C)CCC(OC4OC(CO)C(O)C(O)C4O)C(C)(C)C3CCC12C. The molecule has 0 amide bonds. The number of allylic oxidation sites excluding steroid dienone is 2. The molecule has 0 aromatic heterocycles. The Morgan fingerprint density at radius 3 is 2.18 bits per heavy atom. The van der Waals surface area contributed by atoms with Crippen molar-refractivity contribution in [2.75, 3.05) is 6.61 Å². The molecule has 8 heteroatoms. The molecule has 15 unspecified atom stereocenters. The van der Waals surface area contributed by atoms with Crippen molar-refractivity contribution in [2.45, 2.75) is 162 Å². The van der Waals surface area contributed by atoms with Crippen LogP contribution in [0.3, 0.4) is 0 Å². The fourth-order valence-corrected chi connectivity index (χ4v) is 11.9. The summed E-state index contributed by atoms with van der Waals surface area (Å²) in [6, 6.07) is 0. The van der Waals surface area contributed by atoms with Crippen LogP contribution in [0.4, 0.5) is 0 Å². The van der Waals surface area contributed by atoms with E-state index in [1.807, 2.05) is 6.92 Å². The Morgan fingerprint density at radius 2 is 1.55 bits per heavy atom. The van der Waals surface area contributed by atoms with Crippen molar-refractivity contribution in [3.63, 3.8) is 0 Å². The maximum Gasteiger partial charge on any atom is 0.186 e. The number of fused-ring (bicyclic) bond motifs is 5. The monoisotopic (exact) mass is 622 g/mol. The third kappa shape index (κ3) is 5.26. The lowest BCUT2D eigenvalue weighted by Gasteiger charge is -2.70. The number of hydrogen-bond donors (Lipinski definition) is 6. The minimum atomic E-state index is -1.46. The maximum absolute atomic E-state index is 12.0. The highest BCUT2D eigenvalue weighted by atomic mass is 16.7. The van der Waals surface area contributed by atoms with Gasteiger partial charge in [0.25, 0.3) is 0 Å². The summed E-state index contributed by atoms with van der Waals surface area (Å²) in [6.07, 6.45) is 3.15. The smallest absolute Gasteiger partial charge is 0.186 e. The van der Waals surface area contributed by atoms with Crippen molar-refractivity contribution in [3.05, 3.63) is 11.6 Å². The minimum absolute atomic E-state index is 0.0231. The molecule has 1 saturated heterocycles. The summed E-state index contributed by atoms with van der Waals surface area (Å²) in [5.41, 5.74) is 0.122. The molecule has 4 saturated carbocycles. The summed E-state index contributed by atoms with van der Waals surface area (Å²) in [7, 11) is 0. The van der Waals surface area contributed by atoms with E-state index in [1.54, 1.807) is 0 Å². The molecule has 0 spiro atoms. The van der Waals surface area contributed by atoms with E-state index in [4.69, 9.17) is 9.47 Å². The third-order valence-electron chi connectivity index (χ3n) is 14.5. The first-order chi connectivity index (χ1) is 20.3. The summed E-state index contributed by atoms with van der Waals surface area (Å²) >= 11 is 0. The van der Waals surface area contributed by atoms with Gasteiger partial charge in [-0.05, 0) is 124 Å². The van der Waals surface area contributed by atoms with Crippen molar-refractivity contribution < 1.29 is 40.1 Å². The van der Waals surface area contributed by atoms with Crippen molar-refractivity contribution in [1.82, 2.24) is 0 Å². The van der Waals surface area contributed by atoms with Gasteiger partial charge in [0.15, 0.2) is 6.29 Å². The minimum Gasteiger partial charge on any atom is -0.394 e. The molecule has 15 atom stereocenters. The Morgan fingerprint density at radius 1 is 0.886 bits per heavy atom. The highest BCUT2D eigenvalue weighted by Gasteiger charge is 2.71. The zero-order valence-electron chi connectivity index (χ0n) is 28.5. The Bertz CT molecular complexity index is 1070. The summed E-state index contributed by atoms with van der Waals surface area (Å²) in [5, 5.41) is 64.8. The highest BCUT2D eigenvalue weighted by Crippen LogP contribution is 2.76. The van der Waals surface area contributed by atoms with Crippen LogP contribution < -0.4 is 0 Å². The molecular weight excluding hydrogens is 560 g/mol. The second-order valence-electron chi connectivity index (χ2n) is 17.3. The van der Waals surface area contributed by atoms with Crippen LogP contribution in [0, 0.1) is 45.3 Å². The van der Waals surface area contributed by atoms with Crippen molar-refractivity contribution in [2.24, 2.45) is 45.3 Å². The third-order valence-corrected chi connectivity index (χ3v) is 14.5. The average molecular weight is 623 g/mol. The Kier molecular flexibility index (Phi) is 9.35. The van der Waals surface area contributed by atoms with Gasteiger partial charge in [0.1, 0.15) is 24.4 Å². The quantitative estimate of drug-likeness (QED) is 0.182. The van der Waals surface area contributed by atoms with E-state index >= 15 is 0 Å². The van der Waals surface area contributed by atoms with Crippen LogP contribution in [-0.2, 0) is 9.47 Å². The summed E-state index contributed by atoms with van der Waals surface area (Å²) in [4.78, 5) is 0. The highest BCUT2D eigenvalue weighted by molar-refractivity contribution is 5.20. The lowest BCUT2D eigenvalue weighted by atomic mass is 9.35. The van der Waals surface area contributed by atoms with E-state index in [-0.39, 0.29) is 39.6 Å². The van der Waals surface area contributed by atoms with Gasteiger partial charge in [-0.2, -0.15) is 0 Å². The van der Waals surface area contributed by atoms with Crippen molar-refractivity contribution in [3.8, 4) is 0 Å². The zero-order chi connectivity index (χ0) is 32.6. The Labute approximate surface area is 265 Å². The van der Waals surface area contributed by atoms with Crippen LogP contribution in [0.15, 0.2) is 11.6 Å². The molecule has 44 heavy (non-hydrogen) atoms. The molecule has 0 bridgehead atoms. The fourth-order valence-electron chi connectivity index (χ4n) is 11.9. The van der Waals surface area contributed by atoms with Gasteiger partial charge >= 0.3 is 0 Å². The van der Waals surface area contributed by atoms with Crippen molar-refractivity contribution >= 4 is 0 Å². The summed E-state index contributed by atoms with van der Waals surface area (Å²) in [6.45, 7) is 17.5.